The molecule has 0 saturated heterocycles. The highest BCUT2D eigenvalue weighted by Crippen LogP contribution is 2.47. The zero-order valence-corrected chi connectivity index (χ0v) is 29.4. The van der Waals surface area contributed by atoms with Crippen LogP contribution in [0, 0.1) is 0 Å². The maximum atomic E-state index is 4.37. The lowest BCUT2D eigenvalue weighted by atomic mass is 9.82. The van der Waals surface area contributed by atoms with Gasteiger partial charge in [0.2, 0.25) is 0 Å². The van der Waals surface area contributed by atoms with Gasteiger partial charge >= 0.3 is 0 Å². The third-order valence-electron chi connectivity index (χ3n) is 10.6. The van der Waals surface area contributed by atoms with Crippen LogP contribution in [0.25, 0.3) is 88.0 Å². The van der Waals surface area contributed by atoms with Crippen LogP contribution in [0.15, 0.2) is 171 Å². The zero-order valence-electron chi connectivity index (χ0n) is 29.4. The van der Waals surface area contributed by atoms with Gasteiger partial charge in [0.15, 0.2) is 0 Å². The molecule has 256 valence electrons. The molecule has 2 aliphatic heterocycles. The van der Waals surface area contributed by atoms with Crippen LogP contribution in [0.5, 0.6) is 0 Å². The Labute approximate surface area is 313 Å². The van der Waals surface area contributed by atoms with Gasteiger partial charge in [-0.25, -0.2) is 0 Å². The highest BCUT2D eigenvalue weighted by Gasteiger charge is 2.21. The van der Waals surface area contributed by atoms with Crippen molar-refractivity contribution in [3.8, 4) is 44.5 Å². The first kappa shape index (κ1) is 31.5. The quantitative estimate of drug-likeness (QED) is 0.169. The number of rotatable bonds is 6. The first-order valence-electron chi connectivity index (χ1n) is 18.2. The van der Waals surface area contributed by atoms with Gasteiger partial charge in [0, 0.05) is 62.7 Å². The summed E-state index contributed by atoms with van der Waals surface area (Å²) in [5.41, 5.74) is 13.9. The lowest BCUT2D eigenvalue weighted by Gasteiger charge is -2.22. The van der Waals surface area contributed by atoms with Crippen LogP contribution >= 0.6 is 0 Å². The summed E-state index contributed by atoms with van der Waals surface area (Å²) in [7, 11) is 0. The second-order valence-electron chi connectivity index (χ2n) is 13.6. The van der Waals surface area contributed by atoms with Gasteiger partial charge in [0.1, 0.15) is 0 Å². The Hall–Kier alpha value is -7.18. The Morgan fingerprint density at radius 1 is 0.333 bits per heavy atom. The molecule has 0 spiro atoms. The number of hydrogen-bond donors (Lipinski definition) is 2. The fourth-order valence-electron chi connectivity index (χ4n) is 8.00. The van der Waals surface area contributed by atoms with Crippen LogP contribution in [-0.2, 0) is 0 Å². The molecule has 0 radical (unpaired) electrons. The molecule has 4 aromatic carbocycles. The van der Waals surface area contributed by atoms with Crippen molar-refractivity contribution in [2.75, 3.05) is 13.1 Å². The topological polar surface area (TPSA) is 75.6 Å². The van der Waals surface area contributed by atoms with E-state index in [0.29, 0.717) is 0 Å². The summed E-state index contributed by atoms with van der Waals surface area (Å²) in [6.07, 6.45) is 28.0. The van der Waals surface area contributed by atoms with E-state index in [4.69, 9.17) is 0 Å². The van der Waals surface area contributed by atoms with E-state index < -0.39 is 0 Å². The molecule has 0 atom stereocenters. The predicted octanol–water partition coefficient (Wildman–Crippen LogP) is 10.4. The molecule has 0 fully saturated rings. The fraction of sp³-hybridized carbons (Fsp3) is 0.0417. The lowest BCUT2D eigenvalue weighted by molar-refractivity contribution is 0.976. The Morgan fingerprint density at radius 3 is 0.852 bits per heavy atom. The molecule has 0 saturated carbocycles. The van der Waals surface area contributed by atoms with Gasteiger partial charge in [0.05, 0.1) is 0 Å². The van der Waals surface area contributed by atoms with E-state index in [1.165, 1.54) is 65.7 Å². The second-order valence-corrected chi connectivity index (χ2v) is 13.6. The first-order valence-corrected chi connectivity index (χ1v) is 18.2. The maximum Gasteiger partial charge on any atom is 0.0334 e. The average molecular weight is 695 g/mol. The third-order valence-corrected chi connectivity index (χ3v) is 10.6. The lowest BCUT2D eigenvalue weighted by Crippen LogP contribution is -2.08. The van der Waals surface area contributed by atoms with E-state index in [2.05, 4.69) is 140 Å². The highest BCUT2D eigenvalue weighted by molar-refractivity contribution is 6.28. The van der Waals surface area contributed by atoms with Gasteiger partial charge in [-0.2, -0.15) is 0 Å². The predicted molar refractivity (Wildman–Crippen MR) is 222 cm³/mol. The molecule has 54 heavy (non-hydrogen) atoms. The van der Waals surface area contributed by atoms with E-state index in [-0.39, 0.29) is 0 Å². The Balaban J connectivity index is 1.41. The number of nitrogens with one attached hydrogen (secondary N) is 2. The van der Waals surface area contributed by atoms with Crippen molar-refractivity contribution in [1.82, 2.24) is 30.6 Å². The molecule has 8 aromatic rings. The number of allylic oxidation sites excluding steroid dienone is 4. The van der Waals surface area contributed by atoms with Gasteiger partial charge in [-0.05, 0) is 209 Å². The highest BCUT2D eigenvalue weighted by atomic mass is 14.8. The number of hydrogen-bond acceptors (Lipinski definition) is 6. The van der Waals surface area contributed by atoms with Crippen molar-refractivity contribution in [3.63, 3.8) is 0 Å². The largest absolute Gasteiger partial charge is 0.387 e. The monoisotopic (exact) mass is 694 g/mol. The van der Waals surface area contributed by atoms with Crippen LogP contribution in [0.4, 0.5) is 0 Å². The normalized spacial score (nSPS) is 13.8. The van der Waals surface area contributed by atoms with Gasteiger partial charge in [0.25, 0.3) is 0 Å². The van der Waals surface area contributed by atoms with Crippen LogP contribution in [0.1, 0.15) is 11.1 Å². The fourth-order valence-corrected chi connectivity index (χ4v) is 8.00. The zero-order chi connectivity index (χ0) is 35.8. The molecule has 0 bridgehead atoms. The van der Waals surface area contributed by atoms with E-state index >= 15 is 0 Å². The van der Waals surface area contributed by atoms with Crippen molar-refractivity contribution < 1.29 is 0 Å². The molecule has 2 aliphatic rings. The Morgan fingerprint density at radius 2 is 0.593 bits per heavy atom. The second kappa shape index (κ2) is 13.4. The van der Waals surface area contributed by atoms with Crippen molar-refractivity contribution in [2.45, 2.75) is 0 Å². The van der Waals surface area contributed by atoms with Crippen molar-refractivity contribution >= 4 is 43.5 Å². The summed E-state index contributed by atoms with van der Waals surface area (Å²) in [6, 6.07) is 31.3. The van der Waals surface area contributed by atoms with Gasteiger partial charge in [-0.3, -0.25) is 19.9 Å². The molecule has 2 N–H and O–H groups in total. The standard InChI is InChI=1S/C48H34N6/c1-13-49-14-2-31(1)37-25-43-44(26-38(37)32-3-15-50-16-4-32)46-28-40(34-7-19-52-20-8-34)42(36-11-23-54-24-12-36)30-48(46)47-29-41(35-9-21-53-22-10-35)39(27-45(43)47)33-5-17-51-18-6-33/h1-17,19,21-30,51-52H,18,20H2. The molecule has 0 unspecified atom stereocenters. The molecule has 6 heteroatoms. The molecule has 4 aromatic heterocycles. The summed E-state index contributed by atoms with van der Waals surface area (Å²) in [5.74, 6) is 0. The number of dihydropyridines is 2. The minimum Gasteiger partial charge on any atom is -0.387 e. The Bertz CT molecular complexity index is 2620. The summed E-state index contributed by atoms with van der Waals surface area (Å²) < 4.78 is 0. The first-order chi connectivity index (χ1) is 26.8. The third kappa shape index (κ3) is 5.52. The minimum atomic E-state index is 0.775. The van der Waals surface area contributed by atoms with Gasteiger partial charge in [-0.15, -0.1) is 0 Å². The summed E-state index contributed by atoms with van der Waals surface area (Å²) in [6.45, 7) is 1.55. The van der Waals surface area contributed by atoms with Crippen molar-refractivity contribution in [1.29, 1.82) is 0 Å². The molecule has 10 rings (SSSR count). The molecule has 0 aliphatic carbocycles. The maximum absolute atomic E-state index is 4.37. The van der Waals surface area contributed by atoms with E-state index in [1.807, 2.05) is 62.0 Å². The Kier molecular flexibility index (Phi) is 7.84. The number of pyridine rings is 4. The summed E-state index contributed by atoms with van der Waals surface area (Å²) >= 11 is 0. The van der Waals surface area contributed by atoms with Crippen LogP contribution < -0.4 is 10.6 Å². The molecule has 6 heterocycles. The summed E-state index contributed by atoms with van der Waals surface area (Å²) in [4.78, 5) is 17.5. The van der Waals surface area contributed by atoms with Crippen LogP contribution in [0.3, 0.4) is 0 Å². The minimum absolute atomic E-state index is 0.775. The number of nitrogens with zero attached hydrogens (tertiary/aromatic N) is 4. The number of fused-ring (bicyclic) bond motifs is 6. The number of aromatic nitrogens is 4. The van der Waals surface area contributed by atoms with Gasteiger partial charge < -0.3 is 10.6 Å². The molecule has 0 amide bonds. The van der Waals surface area contributed by atoms with Crippen LogP contribution in [-0.4, -0.2) is 33.0 Å². The van der Waals surface area contributed by atoms with E-state index in [0.717, 1.165) is 46.5 Å². The average Bonchev–Trinajstić information content (AvgIpc) is 3.27. The van der Waals surface area contributed by atoms with E-state index in [9.17, 15) is 0 Å². The van der Waals surface area contributed by atoms with Crippen LogP contribution in [0.2, 0.25) is 0 Å². The van der Waals surface area contributed by atoms with Crippen molar-refractivity contribution in [3.05, 3.63) is 182 Å². The van der Waals surface area contributed by atoms with Gasteiger partial charge in [-0.1, -0.05) is 12.2 Å². The van der Waals surface area contributed by atoms with Crippen molar-refractivity contribution in [2.24, 2.45) is 0 Å². The molecule has 6 nitrogen and oxygen atoms in total. The smallest absolute Gasteiger partial charge is 0.0334 e. The van der Waals surface area contributed by atoms with E-state index in [1.54, 1.807) is 0 Å². The summed E-state index contributed by atoms with van der Waals surface area (Å²) in [5, 5.41) is 13.9. The number of benzene rings is 4. The molecular weight excluding hydrogens is 661 g/mol. The SMILES string of the molecule is C1=CC(c2cc3c(cc2-c2ccncc2)c2cc(-c4ccncc4)c(C4=CCNC=C4)cc2c2cc(-c4ccncc4)c(-c4ccncc4)cc32)=CCN1. The molecular formula is C48H34N6.